The van der Waals surface area contributed by atoms with E-state index in [4.69, 9.17) is 0 Å². The molecule has 4 heteroatoms. The Kier molecular flexibility index (Phi) is 4.68. The Bertz CT molecular complexity index is 502. The zero-order valence-electron chi connectivity index (χ0n) is 11.9. The molecular formula is C15H22N4. The predicted octanol–water partition coefficient (Wildman–Crippen LogP) is 2.89. The molecule has 1 N–H and O–H groups in total. The van der Waals surface area contributed by atoms with Crippen molar-refractivity contribution in [1.29, 1.82) is 0 Å². The maximum absolute atomic E-state index is 4.54. The average Bonchev–Trinajstić information content (AvgIpc) is 2.84. The molecule has 0 aliphatic heterocycles. The quantitative estimate of drug-likeness (QED) is 0.810. The second-order valence-corrected chi connectivity index (χ2v) is 5.00. The summed E-state index contributed by atoms with van der Waals surface area (Å²) in [7, 11) is 0. The fraction of sp³-hybridized carbons (Fsp3) is 0.467. The molecule has 102 valence electrons. The molecular weight excluding hydrogens is 236 g/mol. The van der Waals surface area contributed by atoms with Gasteiger partial charge in [0, 0.05) is 24.5 Å². The van der Waals surface area contributed by atoms with E-state index in [0.29, 0.717) is 5.92 Å². The molecule has 0 radical (unpaired) electrons. The first-order chi connectivity index (χ1) is 9.24. The molecule has 0 unspecified atom stereocenters. The minimum Gasteiger partial charge on any atom is -0.313 e. The van der Waals surface area contributed by atoms with Crippen LogP contribution in [0.3, 0.4) is 0 Å². The Morgan fingerprint density at radius 1 is 1.26 bits per heavy atom. The van der Waals surface area contributed by atoms with Crippen LogP contribution >= 0.6 is 0 Å². The van der Waals surface area contributed by atoms with Crippen LogP contribution in [-0.2, 0) is 6.54 Å². The summed E-state index contributed by atoms with van der Waals surface area (Å²) in [6.45, 7) is 8.51. The van der Waals surface area contributed by atoms with Crippen molar-refractivity contribution in [2.45, 2.75) is 39.7 Å². The van der Waals surface area contributed by atoms with Crippen molar-refractivity contribution in [2.24, 2.45) is 0 Å². The van der Waals surface area contributed by atoms with E-state index >= 15 is 0 Å². The second-order valence-electron chi connectivity index (χ2n) is 5.00. The number of aromatic nitrogens is 3. The van der Waals surface area contributed by atoms with Crippen molar-refractivity contribution in [1.82, 2.24) is 20.1 Å². The van der Waals surface area contributed by atoms with Crippen molar-refractivity contribution < 1.29 is 0 Å². The summed E-state index contributed by atoms with van der Waals surface area (Å²) in [6, 6.07) is 3.98. The SMILES string of the molecule is CCCNCc1cnn(-c2ccncc2)c1C(C)C. The molecule has 0 fully saturated rings. The molecule has 0 aromatic carbocycles. The van der Waals surface area contributed by atoms with E-state index in [1.807, 2.05) is 23.0 Å². The van der Waals surface area contributed by atoms with Crippen LogP contribution in [0, 0.1) is 0 Å². The Hall–Kier alpha value is -1.68. The lowest BCUT2D eigenvalue weighted by atomic mass is 10.1. The molecule has 2 aromatic rings. The summed E-state index contributed by atoms with van der Waals surface area (Å²) < 4.78 is 2.02. The third-order valence-electron chi connectivity index (χ3n) is 3.08. The molecule has 0 aliphatic carbocycles. The Morgan fingerprint density at radius 3 is 2.63 bits per heavy atom. The van der Waals surface area contributed by atoms with Gasteiger partial charge in [0.05, 0.1) is 17.6 Å². The third-order valence-corrected chi connectivity index (χ3v) is 3.08. The van der Waals surface area contributed by atoms with Crippen molar-refractivity contribution in [3.63, 3.8) is 0 Å². The highest BCUT2D eigenvalue weighted by molar-refractivity contribution is 5.34. The zero-order valence-corrected chi connectivity index (χ0v) is 11.9. The van der Waals surface area contributed by atoms with Gasteiger partial charge in [0.1, 0.15) is 0 Å². The van der Waals surface area contributed by atoms with Gasteiger partial charge in [-0.25, -0.2) is 4.68 Å². The lowest BCUT2D eigenvalue weighted by Crippen LogP contribution is -2.15. The highest BCUT2D eigenvalue weighted by Gasteiger charge is 2.14. The average molecular weight is 258 g/mol. The van der Waals surface area contributed by atoms with Crippen LogP contribution in [0.4, 0.5) is 0 Å². The van der Waals surface area contributed by atoms with E-state index < -0.39 is 0 Å². The molecule has 0 bridgehead atoms. The molecule has 0 amide bonds. The van der Waals surface area contributed by atoms with Crippen LogP contribution in [0.5, 0.6) is 0 Å². The van der Waals surface area contributed by atoms with E-state index in [-0.39, 0.29) is 0 Å². The molecule has 19 heavy (non-hydrogen) atoms. The Balaban J connectivity index is 2.30. The van der Waals surface area contributed by atoms with Crippen LogP contribution in [0.2, 0.25) is 0 Å². The molecule has 0 atom stereocenters. The lowest BCUT2D eigenvalue weighted by Gasteiger charge is -2.13. The van der Waals surface area contributed by atoms with Gasteiger partial charge in [-0.2, -0.15) is 5.10 Å². The summed E-state index contributed by atoms with van der Waals surface area (Å²) in [6.07, 6.45) is 6.72. The molecule has 0 spiro atoms. The molecule has 2 heterocycles. The van der Waals surface area contributed by atoms with Gasteiger partial charge in [0.15, 0.2) is 0 Å². The summed E-state index contributed by atoms with van der Waals surface area (Å²) in [5.41, 5.74) is 3.62. The molecule has 2 aromatic heterocycles. The van der Waals surface area contributed by atoms with Crippen molar-refractivity contribution in [2.75, 3.05) is 6.54 Å². The highest BCUT2D eigenvalue weighted by atomic mass is 15.3. The first-order valence-corrected chi connectivity index (χ1v) is 6.92. The van der Waals surface area contributed by atoms with Gasteiger partial charge in [-0.15, -0.1) is 0 Å². The largest absolute Gasteiger partial charge is 0.313 e. The van der Waals surface area contributed by atoms with Crippen LogP contribution < -0.4 is 5.32 Å². The zero-order chi connectivity index (χ0) is 13.7. The van der Waals surface area contributed by atoms with E-state index in [1.165, 1.54) is 11.3 Å². The summed E-state index contributed by atoms with van der Waals surface area (Å²) in [5, 5.41) is 7.98. The van der Waals surface area contributed by atoms with E-state index in [1.54, 1.807) is 12.4 Å². The minimum absolute atomic E-state index is 0.439. The summed E-state index contributed by atoms with van der Waals surface area (Å²) in [4.78, 5) is 4.06. The van der Waals surface area contributed by atoms with E-state index in [0.717, 1.165) is 25.2 Å². The van der Waals surface area contributed by atoms with Gasteiger partial charge >= 0.3 is 0 Å². The van der Waals surface area contributed by atoms with Gasteiger partial charge < -0.3 is 5.32 Å². The fourth-order valence-corrected chi connectivity index (χ4v) is 2.23. The number of rotatable bonds is 6. The van der Waals surface area contributed by atoms with Gasteiger partial charge in [0.2, 0.25) is 0 Å². The maximum atomic E-state index is 4.54. The van der Waals surface area contributed by atoms with Gasteiger partial charge in [-0.3, -0.25) is 4.98 Å². The highest BCUT2D eigenvalue weighted by Crippen LogP contribution is 2.22. The first kappa shape index (κ1) is 13.7. The summed E-state index contributed by atoms with van der Waals surface area (Å²) in [5.74, 6) is 0.439. The standard InChI is InChI=1S/C15H22N4/c1-4-7-17-10-13-11-18-19(15(13)12(2)3)14-5-8-16-9-6-14/h5-6,8-9,11-12,17H,4,7,10H2,1-3H3. The number of nitrogens with zero attached hydrogens (tertiary/aromatic N) is 3. The van der Waals surface area contributed by atoms with E-state index in [2.05, 4.69) is 36.2 Å². The third kappa shape index (κ3) is 3.20. The lowest BCUT2D eigenvalue weighted by molar-refractivity contribution is 0.658. The number of pyridine rings is 1. The molecule has 0 saturated heterocycles. The normalized spacial score (nSPS) is 11.2. The molecule has 0 aliphatic rings. The van der Waals surface area contributed by atoms with Crippen molar-refractivity contribution in [3.05, 3.63) is 42.0 Å². The Labute approximate surface area is 114 Å². The minimum atomic E-state index is 0.439. The molecule has 2 rings (SSSR count). The monoisotopic (exact) mass is 258 g/mol. The van der Waals surface area contributed by atoms with E-state index in [9.17, 15) is 0 Å². The number of hydrogen-bond acceptors (Lipinski definition) is 3. The first-order valence-electron chi connectivity index (χ1n) is 6.92. The van der Waals surface area contributed by atoms with Crippen molar-refractivity contribution >= 4 is 0 Å². The fourth-order valence-electron chi connectivity index (χ4n) is 2.23. The van der Waals surface area contributed by atoms with Gasteiger partial charge in [-0.05, 0) is 31.0 Å². The van der Waals surface area contributed by atoms with Crippen LogP contribution in [0.15, 0.2) is 30.7 Å². The van der Waals surface area contributed by atoms with Crippen LogP contribution in [-0.4, -0.2) is 21.3 Å². The van der Waals surface area contributed by atoms with Crippen LogP contribution in [0.25, 0.3) is 5.69 Å². The smallest absolute Gasteiger partial charge is 0.0679 e. The van der Waals surface area contributed by atoms with Crippen molar-refractivity contribution in [3.8, 4) is 5.69 Å². The van der Waals surface area contributed by atoms with Gasteiger partial charge in [-0.1, -0.05) is 20.8 Å². The Morgan fingerprint density at radius 2 is 2.00 bits per heavy atom. The predicted molar refractivity (Wildman–Crippen MR) is 77.4 cm³/mol. The summed E-state index contributed by atoms with van der Waals surface area (Å²) >= 11 is 0. The van der Waals surface area contributed by atoms with Crippen LogP contribution in [0.1, 0.15) is 44.4 Å². The maximum Gasteiger partial charge on any atom is 0.0679 e. The van der Waals surface area contributed by atoms with Gasteiger partial charge in [0.25, 0.3) is 0 Å². The number of hydrogen-bond donors (Lipinski definition) is 1. The molecule has 0 saturated carbocycles. The second kappa shape index (κ2) is 6.48. The number of nitrogens with one attached hydrogen (secondary N) is 1. The topological polar surface area (TPSA) is 42.7 Å². The molecule has 4 nitrogen and oxygen atoms in total.